The van der Waals surface area contributed by atoms with Gasteiger partial charge in [0.2, 0.25) is 5.91 Å². The van der Waals surface area contributed by atoms with Crippen molar-refractivity contribution in [1.29, 1.82) is 0 Å². The Morgan fingerprint density at radius 3 is 2.26 bits per heavy atom. The number of nitrogens with zero attached hydrogens (tertiary/aromatic N) is 1. The lowest BCUT2D eigenvalue weighted by atomic mass is 9.80. The van der Waals surface area contributed by atoms with E-state index in [0.29, 0.717) is 0 Å². The van der Waals surface area contributed by atoms with Crippen LogP contribution >= 0.6 is 0 Å². The zero-order valence-electron chi connectivity index (χ0n) is 13.9. The van der Waals surface area contributed by atoms with E-state index in [4.69, 9.17) is 11.5 Å². The van der Waals surface area contributed by atoms with E-state index < -0.39 is 30.0 Å². The molecule has 1 aliphatic carbocycles. The number of nitrogens with two attached hydrogens (primary N) is 2. The molecule has 1 amide bonds. The van der Waals surface area contributed by atoms with Gasteiger partial charge in [0.25, 0.3) is 0 Å². The minimum atomic E-state index is -1.11. The van der Waals surface area contributed by atoms with Gasteiger partial charge in [-0.05, 0) is 12.3 Å². The number of hydrogen-bond acceptors (Lipinski definition) is 4. The first-order valence-corrected chi connectivity index (χ1v) is 7.99. The van der Waals surface area contributed by atoms with E-state index in [1.54, 1.807) is 0 Å². The van der Waals surface area contributed by atoms with Gasteiger partial charge in [0.1, 0.15) is 0 Å². The molecule has 0 heterocycles. The van der Waals surface area contributed by atoms with Crippen molar-refractivity contribution in [3.63, 3.8) is 0 Å². The summed E-state index contributed by atoms with van der Waals surface area (Å²) in [5.74, 6) is -2.84. The number of aliphatic hydroxyl groups is 1. The lowest BCUT2D eigenvalue weighted by Gasteiger charge is -2.35. The molecule has 0 unspecified atom stereocenters. The van der Waals surface area contributed by atoms with Crippen molar-refractivity contribution < 1.29 is 19.8 Å². The second kappa shape index (κ2) is 8.14. The fourth-order valence-corrected chi connectivity index (χ4v) is 3.64. The number of guanidine groups is 1. The number of rotatable bonds is 7. The summed E-state index contributed by atoms with van der Waals surface area (Å²) in [5, 5.41) is 22.7. The molecule has 0 aromatic carbocycles. The fourth-order valence-electron chi connectivity index (χ4n) is 3.64. The third kappa shape index (κ3) is 4.57. The van der Waals surface area contributed by atoms with Crippen molar-refractivity contribution in [2.24, 2.45) is 34.2 Å². The van der Waals surface area contributed by atoms with Crippen LogP contribution in [0.25, 0.3) is 0 Å². The van der Waals surface area contributed by atoms with Crippen LogP contribution in [-0.2, 0) is 9.59 Å². The van der Waals surface area contributed by atoms with Crippen LogP contribution in [0.5, 0.6) is 0 Å². The summed E-state index contributed by atoms with van der Waals surface area (Å²) in [6.07, 6.45) is 0.612. The number of carbonyl (C=O) groups excluding carboxylic acids is 1. The maximum atomic E-state index is 11.6. The van der Waals surface area contributed by atoms with E-state index >= 15 is 0 Å². The summed E-state index contributed by atoms with van der Waals surface area (Å²) < 4.78 is 0. The fraction of sp³-hybridized carbons (Fsp3) is 0.800. The third-order valence-electron chi connectivity index (χ3n) is 4.72. The van der Waals surface area contributed by atoms with Crippen LogP contribution in [0, 0.1) is 17.8 Å². The molecule has 0 aromatic rings. The van der Waals surface area contributed by atoms with Crippen LogP contribution < -0.4 is 16.8 Å². The topological polar surface area (TPSA) is 151 Å². The van der Waals surface area contributed by atoms with Crippen molar-refractivity contribution >= 4 is 17.8 Å². The molecule has 132 valence electrons. The molecule has 0 aromatic heterocycles. The van der Waals surface area contributed by atoms with Crippen LogP contribution in [0.2, 0.25) is 0 Å². The Labute approximate surface area is 136 Å². The van der Waals surface area contributed by atoms with Crippen LogP contribution in [0.1, 0.15) is 40.0 Å². The highest BCUT2D eigenvalue weighted by atomic mass is 16.4. The first-order valence-electron chi connectivity index (χ1n) is 7.99. The van der Waals surface area contributed by atoms with Crippen LogP contribution in [0.3, 0.4) is 0 Å². The number of amides is 1. The van der Waals surface area contributed by atoms with Gasteiger partial charge in [-0.25, -0.2) is 4.99 Å². The molecule has 0 spiro atoms. The highest BCUT2D eigenvalue weighted by molar-refractivity contribution is 5.76. The summed E-state index contributed by atoms with van der Waals surface area (Å²) in [6.45, 7) is 5.39. The Bertz CT molecular complexity index is 460. The first kappa shape index (κ1) is 19.2. The number of aliphatic imine (C=N–C) groups is 1. The molecule has 8 nitrogen and oxygen atoms in total. The Kier molecular flexibility index (Phi) is 6.80. The molecular formula is C15H28N4O4. The van der Waals surface area contributed by atoms with E-state index in [0.717, 1.165) is 12.8 Å². The monoisotopic (exact) mass is 328 g/mol. The first-order chi connectivity index (χ1) is 10.7. The van der Waals surface area contributed by atoms with Gasteiger partial charge in [0, 0.05) is 18.9 Å². The zero-order valence-corrected chi connectivity index (χ0v) is 13.9. The second-order valence-electron chi connectivity index (χ2n) is 6.17. The van der Waals surface area contributed by atoms with Crippen molar-refractivity contribution in [1.82, 2.24) is 5.32 Å². The van der Waals surface area contributed by atoms with Crippen LogP contribution in [-0.4, -0.2) is 46.2 Å². The SMILES string of the molecule is CCC(CC)[C@H](NC(C)=O)[C@H]1[C@H](O)[C@H](C(=O)O)C[C@H]1N=C(N)N. The van der Waals surface area contributed by atoms with Crippen LogP contribution in [0.4, 0.5) is 0 Å². The average Bonchev–Trinajstić information content (AvgIpc) is 2.74. The van der Waals surface area contributed by atoms with E-state index in [2.05, 4.69) is 10.3 Å². The number of aliphatic hydroxyl groups excluding tert-OH is 1. The number of nitrogens with one attached hydrogen (secondary N) is 1. The summed E-state index contributed by atoms with van der Waals surface area (Å²) in [7, 11) is 0. The van der Waals surface area contributed by atoms with Gasteiger partial charge in [0.05, 0.1) is 18.1 Å². The van der Waals surface area contributed by atoms with Crippen LogP contribution in [0.15, 0.2) is 4.99 Å². The van der Waals surface area contributed by atoms with E-state index in [1.807, 2.05) is 13.8 Å². The Balaban J connectivity index is 3.23. The molecule has 23 heavy (non-hydrogen) atoms. The predicted molar refractivity (Wildman–Crippen MR) is 86.5 cm³/mol. The molecule has 0 bridgehead atoms. The summed E-state index contributed by atoms with van der Waals surface area (Å²) in [6, 6.07) is -0.913. The van der Waals surface area contributed by atoms with Gasteiger partial charge in [-0.1, -0.05) is 26.7 Å². The minimum Gasteiger partial charge on any atom is -0.481 e. The van der Waals surface area contributed by atoms with Gasteiger partial charge < -0.3 is 27.0 Å². The summed E-state index contributed by atoms with van der Waals surface area (Å²) >= 11 is 0. The Morgan fingerprint density at radius 2 is 1.87 bits per heavy atom. The standard InChI is InChI=1S/C15H28N4O4/c1-4-8(5-2)12(18-7(3)20)11-10(19-15(16)17)6-9(13(11)21)14(22)23/h8-13,21H,4-6H2,1-3H3,(H,18,20)(H,22,23)(H4,16,17,19)/t9-,10-,11+,12+,13-/m1/s1. The highest BCUT2D eigenvalue weighted by Gasteiger charge is 2.50. The van der Waals surface area contributed by atoms with Crippen molar-refractivity contribution in [3.8, 4) is 0 Å². The molecule has 1 saturated carbocycles. The lowest BCUT2D eigenvalue weighted by molar-refractivity contribution is -0.145. The molecule has 1 rings (SSSR count). The average molecular weight is 328 g/mol. The molecule has 0 saturated heterocycles. The molecule has 5 atom stereocenters. The maximum absolute atomic E-state index is 11.6. The van der Waals surface area contributed by atoms with Gasteiger partial charge in [-0.2, -0.15) is 0 Å². The second-order valence-corrected chi connectivity index (χ2v) is 6.17. The van der Waals surface area contributed by atoms with Crippen molar-refractivity contribution in [3.05, 3.63) is 0 Å². The number of carboxylic acids is 1. The number of carboxylic acid groups (broad SMARTS) is 1. The molecule has 1 aliphatic rings. The number of carbonyl (C=O) groups is 2. The van der Waals surface area contributed by atoms with Crippen molar-refractivity contribution in [2.45, 2.75) is 58.2 Å². The quantitative estimate of drug-likeness (QED) is 0.318. The minimum absolute atomic E-state index is 0.0998. The Hall–Kier alpha value is -1.83. The summed E-state index contributed by atoms with van der Waals surface area (Å²) in [5.41, 5.74) is 10.9. The molecule has 8 heteroatoms. The van der Waals surface area contributed by atoms with E-state index in [1.165, 1.54) is 6.92 Å². The molecule has 0 aliphatic heterocycles. The number of aliphatic carboxylic acids is 1. The van der Waals surface area contributed by atoms with Gasteiger partial charge in [0.15, 0.2) is 5.96 Å². The summed E-state index contributed by atoms with van der Waals surface area (Å²) in [4.78, 5) is 27.1. The molecular weight excluding hydrogens is 300 g/mol. The van der Waals surface area contributed by atoms with E-state index in [-0.39, 0.29) is 30.2 Å². The lowest BCUT2D eigenvalue weighted by Crippen LogP contribution is -2.51. The van der Waals surface area contributed by atoms with Crippen molar-refractivity contribution in [2.75, 3.05) is 0 Å². The predicted octanol–water partition coefficient (Wildman–Crippen LogP) is -0.349. The number of hydrogen-bond donors (Lipinski definition) is 5. The van der Waals surface area contributed by atoms with E-state index in [9.17, 15) is 19.8 Å². The smallest absolute Gasteiger partial charge is 0.309 e. The normalized spacial score (nSPS) is 28.4. The maximum Gasteiger partial charge on any atom is 0.309 e. The van der Waals surface area contributed by atoms with Gasteiger partial charge in [-0.15, -0.1) is 0 Å². The molecule has 7 N–H and O–H groups in total. The van der Waals surface area contributed by atoms with Gasteiger partial charge >= 0.3 is 5.97 Å². The highest BCUT2D eigenvalue weighted by Crippen LogP contribution is 2.39. The largest absolute Gasteiger partial charge is 0.481 e. The third-order valence-corrected chi connectivity index (χ3v) is 4.72. The zero-order chi connectivity index (χ0) is 17.7. The van der Waals surface area contributed by atoms with Gasteiger partial charge in [-0.3, -0.25) is 9.59 Å². The molecule has 0 radical (unpaired) electrons. The molecule has 1 fully saturated rings. The Morgan fingerprint density at radius 1 is 1.30 bits per heavy atom.